The Balaban J connectivity index is 2.10. The topological polar surface area (TPSA) is 50.4 Å². The first kappa shape index (κ1) is 18.7. The standard InChI is InChI=1S/C18H19IN2O2S/c1-10-7-11(2)16(12(3)8-10)20-18(24)21-17(22)13-5-6-15(23-4)14(19)9-13/h5-9H,1-4H3,(H2,20,21,22,24). The van der Waals surface area contributed by atoms with Crippen LogP contribution in [0.25, 0.3) is 0 Å². The average molecular weight is 454 g/mol. The van der Waals surface area contributed by atoms with Crippen molar-refractivity contribution in [3.63, 3.8) is 0 Å². The fraction of sp³-hybridized carbons (Fsp3) is 0.222. The number of benzene rings is 2. The van der Waals surface area contributed by atoms with Crippen LogP contribution in [0.15, 0.2) is 30.3 Å². The average Bonchev–Trinajstić information content (AvgIpc) is 2.50. The lowest BCUT2D eigenvalue weighted by Gasteiger charge is -2.15. The van der Waals surface area contributed by atoms with Crippen LogP contribution in [-0.2, 0) is 0 Å². The predicted molar refractivity (Wildman–Crippen MR) is 110 cm³/mol. The van der Waals surface area contributed by atoms with Gasteiger partial charge >= 0.3 is 0 Å². The number of halogens is 1. The zero-order valence-electron chi connectivity index (χ0n) is 14.0. The number of nitrogens with one attached hydrogen (secondary N) is 2. The Bertz CT molecular complexity index is 783. The normalized spacial score (nSPS) is 10.2. The molecule has 0 radical (unpaired) electrons. The van der Waals surface area contributed by atoms with Gasteiger partial charge in [-0.1, -0.05) is 17.7 Å². The third-order valence-corrected chi connectivity index (χ3v) is 4.60. The van der Waals surface area contributed by atoms with E-state index >= 15 is 0 Å². The fourth-order valence-electron chi connectivity index (χ4n) is 2.50. The Labute approximate surface area is 161 Å². The zero-order chi connectivity index (χ0) is 17.9. The number of hydrogen-bond donors (Lipinski definition) is 2. The molecule has 4 nitrogen and oxygen atoms in total. The van der Waals surface area contributed by atoms with E-state index in [4.69, 9.17) is 17.0 Å². The number of aryl methyl sites for hydroxylation is 3. The van der Waals surface area contributed by atoms with Gasteiger partial charge in [-0.2, -0.15) is 0 Å². The van der Waals surface area contributed by atoms with Gasteiger partial charge in [-0.05, 0) is 84.9 Å². The largest absolute Gasteiger partial charge is 0.496 e. The monoisotopic (exact) mass is 454 g/mol. The number of rotatable bonds is 3. The quantitative estimate of drug-likeness (QED) is 0.535. The van der Waals surface area contributed by atoms with E-state index in [9.17, 15) is 4.79 Å². The van der Waals surface area contributed by atoms with Gasteiger partial charge in [-0.3, -0.25) is 10.1 Å². The second kappa shape index (κ2) is 7.94. The van der Waals surface area contributed by atoms with Crippen LogP contribution in [0.2, 0.25) is 0 Å². The van der Waals surface area contributed by atoms with Crippen LogP contribution in [-0.4, -0.2) is 18.1 Å². The van der Waals surface area contributed by atoms with Crippen molar-refractivity contribution in [2.24, 2.45) is 0 Å². The van der Waals surface area contributed by atoms with Crippen LogP contribution in [0.1, 0.15) is 27.0 Å². The van der Waals surface area contributed by atoms with Crippen molar-refractivity contribution >= 4 is 51.5 Å². The zero-order valence-corrected chi connectivity index (χ0v) is 17.0. The maximum atomic E-state index is 12.3. The molecule has 2 N–H and O–H groups in total. The number of methoxy groups -OCH3 is 1. The molecule has 1 amide bonds. The lowest BCUT2D eigenvalue weighted by molar-refractivity contribution is 0.0977. The maximum absolute atomic E-state index is 12.3. The highest BCUT2D eigenvalue weighted by molar-refractivity contribution is 14.1. The van der Waals surface area contributed by atoms with Crippen molar-refractivity contribution in [3.8, 4) is 5.75 Å². The summed E-state index contributed by atoms with van der Waals surface area (Å²) >= 11 is 7.41. The summed E-state index contributed by atoms with van der Waals surface area (Å²) in [6.45, 7) is 6.08. The second-order valence-electron chi connectivity index (χ2n) is 5.53. The minimum absolute atomic E-state index is 0.254. The van der Waals surface area contributed by atoms with Gasteiger partial charge in [0, 0.05) is 11.3 Å². The van der Waals surface area contributed by atoms with Crippen LogP contribution in [0, 0.1) is 24.3 Å². The molecular formula is C18H19IN2O2S. The first-order valence-electron chi connectivity index (χ1n) is 7.35. The van der Waals surface area contributed by atoms with Crippen LogP contribution in [0.3, 0.4) is 0 Å². The Morgan fingerprint density at radius 1 is 1.12 bits per heavy atom. The van der Waals surface area contributed by atoms with Crippen molar-refractivity contribution < 1.29 is 9.53 Å². The molecule has 0 saturated carbocycles. The molecule has 0 aliphatic carbocycles. The molecule has 0 spiro atoms. The lowest BCUT2D eigenvalue weighted by atomic mass is 10.1. The number of carbonyl (C=O) groups is 1. The van der Waals surface area contributed by atoms with Gasteiger partial charge in [0.15, 0.2) is 5.11 Å². The molecule has 2 rings (SSSR count). The number of hydrogen-bond acceptors (Lipinski definition) is 3. The van der Waals surface area contributed by atoms with E-state index in [2.05, 4.69) is 52.3 Å². The van der Waals surface area contributed by atoms with Gasteiger partial charge < -0.3 is 10.1 Å². The van der Waals surface area contributed by atoms with Gasteiger partial charge in [0.2, 0.25) is 0 Å². The summed E-state index contributed by atoms with van der Waals surface area (Å²) in [5.74, 6) is 0.481. The first-order valence-corrected chi connectivity index (χ1v) is 8.84. The number of ether oxygens (including phenoxy) is 1. The summed E-state index contributed by atoms with van der Waals surface area (Å²) in [4.78, 5) is 12.3. The number of carbonyl (C=O) groups excluding carboxylic acids is 1. The summed E-state index contributed by atoms with van der Waals surface area (Å²) in [5, 5.41) is 6.11. The third kappa shape index (κ3) is 4.45. The van der Waals surface area contributed by atoms with Crippen LogP contribution in [0.4, 0.5) is 5.69 Å². The van der Waals surface area contributed by atoms with Crippen molar-refractivity contribution in [3.05, 3.63) is 56.2 Å². The van der Waals surface area contributed by atoms with Gasteiger partial charge in [0.25, 0.3) is 5.91 Å². The lowest BCUT2D eigenvalue weighted by Crippen LogP contribution is -2.34. The van der Waals surface area contributed by atoms with E-state index in [1.165, 1.54) is 5.56 Å². The molecule has 0 bridgehead atoms. The van der Waals surface area contributed by atoms with Crippen LogP contribution >= 0.6 is 34.8 Å². The van der Waals surface area contributed by atoms with Gasteiger partial charge in [0.05, 0.1) is 10.7 Å². The molecule has 126 valence electrons. The molecule has 0 saturated heterocycles. The Morgan fingerprint density at radius 2 is 1.75 bits per heavy atom. The predicted octanol–water partition coefficient (Wildman–Crippen LogP) is 4.35. The minimum atomic E-state index is -0.254. The molecule has 0 aliphatic heterocycles. The molecule has 0 heterocycles. The molecular weight excluding hydrogens is 435 g/mol. The van der Waals surface area contributed by atoms with Crippen molar-refractivity contribution in [2.75, 3.05) is 12.4 Å². The molecule has 0 aliphatic rings. The fourth-order valence-corrected chi connectivity index (χ4v) is 3.44. The second-order valence-corrected chi connectivity index (χ2v) is 7.10. The Morgan fingerprint density at radius 3 is 2.29 bits per heavy atom. The van der Waals surface area contributed by atoms with Gasteiger partial charge in [-0.15, -0.1) is 0 Å². The number of amides is 1. The number of anilines is 1. The van der Waals surface area contributed by atoms with Crippen LogP contribution in [0.5, 0.6) is 5.75 Å². The summed E-state index contributed by atoms with van der Waals surface area (Å²) < 4.78 is 6.07. The van der Waals surface area contributed by atoms with E-state index in [-0.39, 0.29) is 11.0 Å². The molecule has 0 aromatic heterocycles. The van der Waals surface area contributed by atoms with Crippen molar-refractivity contribution in [1.82, 2.24) is 5.32 Å². The van der Waals surface area contributed by atoms with E-state index in [1.807, 2.05) is 13.8 Å². The highest BCUT2D eigenvalue weighted by Gasteiger charge is 2.12. The highest BCUT2D eigenvalue weighted by atomic mass is 127. The molecule has 2 aromatic rings. The highest BCUT2D eigenvalue weighted by Crippen LogP contribution is 2.23. The van der Waals surface area contributed by atoms with Crippen molar-refractivity contribution in [2.45, 2.75) is 20.8 Å². The van der Waals surface area contributed by atoms with Gasteiger partial charge in [0.1, 0.15) is 5.75 Å². The summed E-state index contributed by atoms with van der Waals surface area (Å²) in [6.07, 6.45) is 0. The third-order valence-electron chi connectivity index (χ3n) is 3.56. The van der Waals surface area contributed by atoms with E-state index in [0.29, 0.717) is 5.56 Å². The molecule has 24 heavy (non-hydrogen) atoms. The maximum Gasteiger partial charge on any atom is 0.257 e. The summed E-state index contributed by atoms with van der Waals surface area (Å²) in [6, 6.07) is 9.39. The Hall–Kier alpha value is -1.67. The molecule has 0 atom stereocenters. The summed E-state index contributed by atoms with van der Waals surface area (Å²) in [5.41, 5.74) is 4.82. The van der Waals surface area contributed by atoms with Crippen LogP contribution < -0.4 is 15.4 Å². The summed E-state index contributed by atoms with van der Waals surface area (Å²) in [7, 11) is 1.60. The van der Waals surface area contributed by atoms with Crippen molar-refractivity contribution in [1.29, 1.82) is 0 Å². The Kier molecular flexibility index (Phi) is 6.17. The molecule has 2 aromatic carbocycles. The van der Waals surface area contributed by atoms with E-state index < -0.39 is 0 Å². The molecule has 0 unspecified atom stereocenters. The van der Waals surface area contributed by atoms with E-state index in [1.54, 1.807) is 25.3 Å². The SMILES string of the molecule is COc1ccc(C(=O)NC(=S)Nc2c(C)cc(C)cc2C)cc1I. The number of thiocarbonyl (C=S) groups is 1. The van der Waals surface area contributed by atoms with Gasteiger partial charge in [-0.25, -0.2) is 0 Å². The van der Waals surface area contributed by atoms with E-state index in [0.717, 1.165) is 26.1 Å². The minimum Gasteiger partial charge on any atom is -0.496 e. The molecule has 6 heteroatoms. The smallest absolute Gasteiger partial charge is 0.257 e. The first-order chi connectivity index (χ1) is 11.3. The molecule has 0 fully saturated rings.